The summed E-state index contributed by atoms with van der Waals surface area (Å²) in [7, 11) is 0. The summed E-state index contributed by atoms with van der Waals surface area (Å²) in [6, 6.07) is 17.7. The van der Waals surface area contributed by atoms with E-state index >= 15 is 0 Å². The smallest absolute Gasteiger partial charge is 0.120 e. The number of hydrogen-bond donors (Lipinski definition) is 1. The lowest BCUT2D eigenvalue weighted by Crippen LogP contribution is -2.27. The van der Waals surface area contributed by atoms with Crippen molar-refractivity contribution in [3.8, 4) is 5.75 Å². The molecule has 2 heteroatoms. The molecule has 1 saturated carbocycles. The van der Waals surface area contributed by atoms with Gasteiger partial charge in [0.15, 0.2) is 0 Å². The van der Waals surface area contributed by atoms with Crippen LogP contribution in [0.25, 0.3) is 0 Å². The lowest BCUT2D eigenvalue weighted by Gasteiger charge is -2.16. The van der Waals surface area contributed by atoms with Crippen LogP contribution >= 0.6 is 0 Å². The molecule has 0 unspecified atom stereocenters. The van der Waals surface area contributed by atoms with Crippen LogP contribution in [0.2, 0.25) is 0 Å². The number of benzene rings is 2. The Hall–Kier alpha value is -1.80. The van der Waals surface area contributed by atoms with Gasteiger partial charge in [-0.15, -0.1) is 0 Å². The normalized spacial score (nSPS) is 15.9. The van der Waals surface area contributed by atoms with Gasteiger partial charge in [0.2, 0.25) is 0 Å². The number of hydrogen-bond acceptors (Lipinski definition) is 2. The standard InChI is InChI=1S/C22H29NO/c1-18-8-6-10-20(14-18)17-24-22-13-7-9-19(15-22)16-23-21-11-4-2-3-5-12-21/h6-10,13-15,21,23H,2-5,11-12,16-17H2,1H3. The van der Waals surface area contributed by atoms with E-state index in [2.05, 4.69) is 54.7 Å². The van der Waals surface area contributed by atoms with Crippen LogP contribution in [-0.2, 0) is 13.2 Å². The van der Waals surface area contributed by atoms with E-state index < -0.39 is 0 Å². The SMILES string of the molecule is Cc1cccc(COc2cccc(CNC3CCCCCC3)c2)c1. The molecule has 0 bridgehead atoms. The first-order chi connectivity index (χ1) is 11.8. The third-order valence-electron chi connectivity index (χ3n) is 4.84. The predicted octanol–water partition coefficient (Wildman–Crippen LogP) is 5.39. The Kier molecular flexibility index (Phi) is 6.31. The molecule has 1 aliphatic carbocycles. The van der Waals surface area contributed by atoms with Gasteiger partial charge >= 0.3 is 0 Å². The summed E-state index contributed by atoms with van der Waals surface area (Å²) in [6.45, 7) is 3.68. The molecule has 2 aromatic rings. The van der Waals surface area contributed by atoms with Gasteiger partial charge in [-0.1, -0.05) is 67.6 Å². The molecule has 0 saturated heterocycles. The third-order valence-corrected chi connectivity index (χ3v) is 4.84. The van der Waals surface area contributed by atoms with Gasteiger partial charge in [-0.05, 0) is 43.0 Å². The maximum Gasteiger partial charge on any atom is 0.120 e. The summed E-state index contributed by atoms with van der Waals surface area (Å²) < 4.78 is 5.97. The molecule has 0 atom stereocenters. The summed E-state index contributed by atoms with van der Waals surface area (Å²) in [6.07, 6.45) is 8.20. The lowest BCUT2D eigenvalue weighted by atomic mass is 10.1. The molecule has 0 radical (unpaired) electrons. The van der Waals surface area contributed by atoms with Crippen LogP contribution in [0.15, 0.2) is 48.5 Å². The molecular formula is C22H29NO. The average molecular weight is 323 g/mol. The molecule has 2 nitrogen and oxygen atoms in total. The van der Waals surface area contributed by atoms with E-state index in [1.54, 1.807) is 0 Å². The highest BCUT2D eigenvalue weighted by Crippen LogP contribution is 2.19. The maximum atomic E-state index is 5.97. The third kappa shape index (κ3) is 5.38. The monoisotopic (exact) mass is 323 g/mol. The van der Waals surface area contributed by atoms with Crippen LogP contribution in [0.5, 0.6) is 5.75 Å². The van der Waals surface area contributed by atoms with Crippen LogP contribution in [0.1, 0.15) is 55.2 Å². The molecule has 0 amide bonds. The minimum Gasteiger partial charge on any atom is -0.489 e. The van der Waals surface area contributed by atoms with E-state index in [9.17, 15) is 0 Å². The van der Waals surface area contributed by atoms with Crippen molar-refractivity contribution in [1.29, 1.82) is 0 Å². The van der Waals surface area contributed by atoms with Crippen molar-refractivity contribution >= 4 is 0 Å². The highest BCUT2D eigenvalue weighted by molar-refractivity contribution is 5.29. The molecule has 0 aliphatic heterocycles. The van der Waals surface area contributed by atoms with Crippen LogP contribution in [0.4, 0.5) is 0 Å². The highest BCUT2D eigenvalue weighted by Gasteiger charge is 2.11. The molecule has 1 fully saturated rings. The van der Waals surface area contributed by atoms with Crippen LogP contribution in [0.3, 0.4) is 0 Å². The Bertz CT molecular complexity index is 629. The Morgan fingerprint density at radius 2 is 1.67 bits per heavy atom. The van der Waals surface area contributed by atoms with E-state index in [0.29, 0.717) is 12.6 Å². The summed E-state index contributed by atoms with van der Waals surface area (Å²) in [4.78, 5) is 0. The van der Waals surface area contributed by atoms with Crippen molar-refractivity contribution in [3.63, 3.8) is 0 Å². The number of rotatable bonds is 6. The largest absolute Gasteiger partial charge is 0.489 e. The van der Waals surface area contributed by atoms with Crippen LogP contribution in [-0.4, -0.2) is 6.04 Å². The summed E-state index contributed by atoms with van der Waals surface area (Å²) in [5, 5.41) is 3.73. The Labute approximate surface area is 146 Å². The molecule has 0 aromatic heterocycles. The van der Waals surface area contributed by atoms with E-state index in [0.717, 1.165) is 12.3 Å². The topological polar surface area (TPSA) is 21.3 Å². The van der Waals surface area contributed by atoms with Crippen molar-refractivity contribution in [2.75, 3.05) is 0 Å². The maximum absolute atomic E-state index is 5.97. The average Bonchev–Trinajstić information content (AvgIpc) is 2.87. The van der Waals surface area contributed by atoms with Gasteiger partial charge in [-0.25, -0.2) is 0 Å². The van der Waals surface area contributed by atoms with Crippen molar-refractivity contribution < 1.29 is 4.74 Å². The van der Waals surface area contributed by atoms with Crippen LogP contribution < -0.4 is 10.1 Å². The lowest BCUT2D eigenvalue weighted by molar-refractivity contribution is 0.305. The van der Waals surface area contributed by atoms with Crippen LogP contribution in [0, 0.1) is 6.92 Å². The van der Waals surface area contributed by atoms with Gasteiger partial charge in [0.05, 0.1) is 0 Å². The first-order valence-corrected chi connectivity index (χ1v) is 9.30. The zero-order valence-corrected chi connectivity index (χ0v) is 14.8. The van der Waals surface area contributed by atoms with Crippen molar-refractivity contribution in [2.24, 2.45) is 0 Å². The molecule has 3 rings (SSSR count). The molecule has 0 heterocycles. The fourth-order valence-electron chi connectivity index (χ4n) is 3.46. The molecule has 128 valence electrons. The van der Waals surface area contributed by atoms with Gasteiger partial charge in [0, 0.05) is 12.6 Å². The van der Waals surface area contributed by atoms with Gasteiger partial charge in [-0.2, -0.15) is 0 Å². The zero-order valence-electron chi connectivity index (χ0n) is 14.8. The molecule has 1 aliphatic rings. The second-order valence-electron chi connectivity index (χ2n) is 6.99. The highest BCUT2D eigenvalue weighted by atomic mass is 16.5. The van der Waals surface area contributed by atoms with E-state index in [1.807, 2.05) is 6.07 Å². The molecule has 0 spiro atoms. The van der Waals surface area contributed by atoms with E-state index in [4.69, 9.17) is 4.74 Å². The minimum atomic E-state index is 0.626. The fourth-order valence-corrected chi connectivity index (χ4v) is 3.46. The summed E-state index contributed by atoms with van der Waals surface area (Å²) >= 11 is 0. The minimum absolute atomic E-state index is 0.626. The van der Waals surface area contributed by atoms with E-state index in [1.165, 1.54) is 55.2 Å². The molecule has 2 aromatic carbocycles. The quantitative estimate of drug-likeness (QED) is 0.720. The summed E-state index contributed by atoms with van der Waals surface area (Å²) in [5.74, 6) is 0.955. The predicted molar refractivity (Wildman–Crippen MR) is 100 cm³/mol. The number of ether oxygens (including phenoxy) is 1. The first kappa shape index (κ1) is 17.0. The van der Waals surface area contributed by atoms with Crippen molar-refractivity contribution in [1.82, 2.24) is 5.32 Å². The van der Waals surface area contributed by atoms with E-state index in [-0.39, 0.29) is 0 Å². The Balaban J connectivity index is 1.51. The van der Waals surface area contributed by atoms with Crippen molar-refractivity contribution in [3.05, 3.63) is 65.2 Å². The molecule has 24 heavy (non-hydrogen) atoms. The second-order valence-corrected chi connectivity index (χ2v) is 6.99. The summed E-state index contributed by atoms with van der Waals surface area (Å²) in [5.41, 5.74) is 3.80. The number of aryl methyl sites for hydroxylation is 1. The van der Waals surface area contributed by atoms with Gasteiger partial charge in [-0.3, -0.25) is 0 Å². The van der Waals surface area contributed by atoms with Gasteiger partial charge < -0.3 is 10.1 Å². The molecular weight excluding hydrogens is 294 g/mol. The number of nitrogens with one attached hydrogen (secondary N) is 1. The Morgan fingerprint density at radius 1 is 0.917 bits per heavy atom. The van der Waals surface area contributed by atoms with Gasteiger partial charge in [0.1, 0.15) is 12.4 Å². The van der Waals surface area contributed by atoms with Crippen molar-refractivity contribution in [2.45, 2.75) is 64.6 Å². The second kappa shape index (κ2) is 8.89. The van der Waals surface area contributed by atoms with Gasteiger partial charge in [0.25, 0.3) is 0 Å². The first-order valence-electron chi connectivity index (χ1n) is 9.30. The fraction of sp³-hybridized carbons (Fsp3) is 0.455. The Morgan fingerprint density at radius 3 is 2.46 bits per heavy atom. The molecule has 1 N–H and O–H groups in total. The zero-order chi connectivity index (χ0) is 16.6.